The van der Waals surface area contributed by atoms with Gasteiger partial charge in [0.1, 0.15) is 11.8 Å². The molecule has 10 heteroatoms. The first kappa shape index (κ1) is 24.9. The molecule has 9 nitrogen and oxygen atoms in total. The lowest BCUT2D eigenvalue weighted by atomic mass is 10.1. The predicted molar refractivity (Wildman–Crippen MR) is 149 cm³/mol. The molecule has 1 saturated heterocycles. The number of hydrogen-bond acceptors (Lipinski definition) is 9. The van der Waals surface area contributed by atoms with Crippen molar-refractivity contribution in [2.45, 2.75) is 62.9 Å². The van der Waals surface area contributed by atoms with Crippen molar-refractivity contribution in [2.75, 3.05) is 24.3 Å². The van der Waals surface area contributed by atoms with Gasteiger partial charge < -0.3 is 10.1 Å². The van der Waals surface area contributed by atoms with Crippen LogP contribution >= 0.6 is 11.8 Å². The largest absolute Gasteiger partial charge is 0.379 e. The van der Waals surface area contributed by atoms with Crippen LogP contribution in [0.3, 0.4) is 0 Å². The van der Waals surface area contributed by atoms with E-state index in [1.165, 1.54) is 4.90 Å². The molecule has 196 valence electrons. The van der Waals surface area contributed by atoms with Gasteiger partial charge in [-0.2, -0.15) is 0 Å². The first-order chi connectivity index (χ1) is 18.7. The monoisotopic (exact) mass is 529 g/mol. The molecule has 0 spiro atoms. The lowest BCUT2D eigenvalue weighted by Gasteiger charge is -2.18. The Kier molecular flexibility index (Phi) is 7.08. The average Bonchev–Trinajstić information content (AvgIpc) is 3.66. The molecule has 0 radical (unpaired) electrons. The average molecular weight is 530 g/mol. The summed E-state index contributed by atoms with van der Waals surface area (Å²) in [6.45, 7) is 5.79. The fraction of sp³-hybridized carbons (Fsp3) is 0.429. The number of nitrogens with one attached hydrogen (secondary N) is 1. The van der Waals surface area contributed by atoms with Crippen molar-refractivity contribution in [3.63, 3.8) is 0 Å². The number of benzene rings is 1. The van der Waals surface area contributed by atoms with Crippen LogP contribution in [0.5, 0.6) is 0 Å². The van der Waals surface area contributed by atoms with Crippen molar-refractivity contribution in [3.8, 4) is 11.4 Å². The molecule has 0 amide bonds. The third kappa shape index (κ3) is 4.90. The number of fused-ring (bicyclic) bond motifs is 1. The second-order valence-electron chi connectivity index (χ2n) is 9.69. The fourth-order valence-corrected chi connectivity index (χ4v) is 5.63. The van der Waals surface area contributed by atoms with Crippen molar-refractivity contribution < 1.29 is 4.74 Å². The molecule has 1 N–H and O–H groups in total. The quantitative estimate of drug-likeness (QED) is 0.307. The van der Waals surface area contributed by atoms with Gasteiger partial charge in [0.15, 0.2) is 17.3 Å². The first-order valence-corrected chi connectivity index (χ1v) is 14.3. The van der Waals surface area contributed by atoms with E-state index in [-0.39, 0.29) is 11.6 Å². The molecule has 2 fully saturated rings. The van der Waals surface area contributed by atoms with Gasteiger partial charge in [-0.25, -0.2) is 24.9 Å². The van der Waals surface area contributed by atoms with Crippen molar-refractivity contribution >= 4 is 28.7 Å². The van der Waals surface area contributed by atoms with Crippen LogP contribution in [-0.4, -0.2) is 48.5 Å². The number of anilines is 1. The Balaban J connectivity index is 1.41. The summed E-state index contributed by atoms with van der Waals surface area (Å²) < 4.78 is 7.41. The molecular weight excluding hydrogens is 498 g/mol. The van der Waals surface area contributed by atoms with E-state index in [9.17, 15) is 4.79 Å². The van der Waals surface area contributed by atoms with Gasteiger partial charge in [0.25, 0.3) is 5.56 Å². The van der Waals surface area contributed by atoms with Gasteiger partial charge in [-0.15, -0.1) is 11.8 Å². The molecule has 4 aromatic rings. The number of thioether (sulfide) groups is 1. The molecule has 1 unspecified atom stereocenters. The second-order valence-corrected chi connectivity index (χ2v) is 11.0. The highest BCUT2D eigenvalue weighted by molar-refractivity contribution is 7.99. The van der Waals surface area contributed by atoms with Gasteiger partial charge in [0, 0.05) is 24.0 Å². The van der Waals surface area contributed by atoms with E-state index in [2.05, 4.69) is 58.4 Å². The van der Waals surface area contributed by atoms with Crippen LogP contribution in [0.2, 0.25) is 0 Å². The zero-order valence-electron chi connectivity index (χ0n) is 21.7. The van der Waals surface area contributed by atoms with E-state index in [0.29, 0.717) is 48.5 Å². The van der Waals surface area contributed by atoms with Gasteiger partial charge >= 0.3 is 0 Å². The predicted octanol–water partition coefficient (Wildman–Crippen LogP) is 4.77. The van der Waals surface area contributed by atoms with Gasteiger partial charge in [-0.05, 0) is 49.1 Å². The minimum atomic E-state index is -0.196. The van der Waals surface area contributed by atoms with Crippen LogP contribution < -0.4 is 10.9 Å². The van der Waals surface area contributed by atoms with E-state index in [0.717, 1.165) is 54.0 Å². The Morgan fingerprint density at radius 3 is 2.63 bits per heavy atom. The Morgan fingerprint density at radius 2 is 1.92 bits per heavy atom. The molecule has 6 rings (SSSR count). The zero-order chi connectivity index (χ0) is 26.1. The van der Waals surface area contributed by atoms with Crippen molar-refractivity contribution in [3.05, 3.63) is 64.1 Å². The molecule has 3 aromatic heterocycles. The third-order valence-corrected chi connectivity index (χ3v) is 7.97. The maximum atomic E-state index is 13.8. The lowest BCUT2D eigenvalue weighted by Crippen LogP contribution is -2.30. The fourth-order valence-electron chi connectivity index (χ4n) is 4.97. The number of aryl methyl sites for hydroxylation is 1. The molecular formula is C28H31N7O2S. The Bertz CT molecular complexity index is 1510. The smallest absolute Gasteiger partial charge is 0.295 e. The highest BCUT2D eigenvalue weighted by Crippen LogP contribution is 2.43. The van der Waals surface area contributed by atoms with Crippen LogP contribution in [0.4, 0.5) is 5.82 Å². The molecule has 4 heterocycles. The highest BCUT2D eigenvalue weighted by atomic mass is 32.2. The van der Waals surface area contributed by atoms with Gasteiger partial charge in [-0.1, -0.05) is 26.0 Å². The zero-order valence-corrected chi connectivity index (χ0v) is 22.5. The van der Waals surface area contributed by atoms with Crippen LogP contribution in [0.15, 0.2) is 46.5 Å². The SMILES string of the molecule is CCSc1ccc(CNc2nc3cnc(-c4c(CC)ncnc4C4CC4)nc3n(C3CCOC3)c2=O)cc1. The van der Waals surface area contributed by atoms with Crippen LogP contribution in [0.1, 0.15) is 62.0 Å². The summed E-state index contributed by atoms with van der Waals surface area (Å²) >= 11 is 1.81. The molecule has 1 aromatic carbocycles. The molecule has 1 aliphatic heterocycles. The third-order valence-electron chi connectivity index (χ3n) is 7.07. The normalized spacial score (nSPS) is 17.3. The van der Waals surface area contributed by atoms with Crippen molar-refractivity contribution in [1.82, 2.24) is 29.5 Å². The molecule has 1 aliphatic carbocycles. The van der Waals surface area contributed by atoms with Crippen LogP contribution in [0, 0.1) is 0 Å². The van der Waals surface area contributed by atoms with E-state index < -0.39 is 0 Å². The molecule has 0 bridgehead atoms. The minimum Gasteiger partial charge on any atom is -0.379 e. The summed E-state index contributed by atoms with van der Waals surface area (Å²) in [6.07, 6.45) is 7.08. The number of aromatic nitrogens is 6. The summed E-state index contributed by atoms with van der Waals surface area (Å²) in [5, 5.41) is 3.27. The Hall–Kier alpha value is -3.37. The molecule has 1 atom stereocenters. The van der Waals surface area contributed by atoms with E-state index in [1.54, 1.807) is 28.9 Å². The highest BCUT2D eigenvalue weighted by Gasteiger charge is 2.31. The molecule has 2 aliphatic rings. The maximum absolute atomic E-state index is 13.8. The maximum Gasteiger partial charge on any atom is 0.295 e. The molecule has 1 saturated carbocycles. The van der Waals surface area contributed by atoms with Crippen molar-refractivity contribution in [1.29, 1.82) is 0 Å². The van der Waals surface area contributed by atoms with Crippen LogP contribution in [-0.2, 0) is 17.7 Å². The topological polar surface area (TPSA) is 108 Å². The van der Waals surface area contributed by atoms with Crippen molar-refractivity contribution in [2.24, 2.45) is 0 Å². The number of nitrogens with zero attached hydrogens (tertiary/aromatic N) is 6. The first-order valence-electron chi connectivity index (χ1n) is 13.3. The van der Waals surface area contributed by atoms with Gasteiger partial charge in [0.2, 0.25) is 0 Å². The Labute approximate surface area is 225 Å². The summed E-state index contributed by atoms with van der Waals surface area (Å²) in [6, 6.07) is 8.26. The minimum absolute atomic E-state index is 0.109. The van der Waals surface area contributed by atoms with E-state index >= 15 is 0 Å². The number of rotatable bonds is 9. The number of hydrogen-bond donors (Lipinski definition) is 1. The molecule has 38 heavy (non-hydrogen) atoms. The van der Waals surface area contributed by atoms with Crippen LogP contribution in [0.25, 0.3) is 22.6 Å². The lowest BCUT2D eigenvalue weighted by molar-refractivity contribution is 0.186. The summed E-state index contributed by atoms with van der Waals surface area (Å²) in [7, 11) is 0. The van der Waals surface area contributed by atoms with E-state index in [4.69, 9.17) is 14.7 Å². The standard InChI is InChI=1S/C28H31N7O2S/c1-3-21-23(24(18-7-8-18)32-16-31-21)25-30-14-22-27(34-25)35(19-11-12-37-15-19)28(36)26(33-22)29-13-17-5-9-20(10-6-17)38-4-2/h5-6,9-10,14,16,18-19H,3-4,7-8,11-13,15H2,1-2H3,(H,29,33). The summed E-state index contributed by atoms with van der Waals surface area (Å²) in [4.78, 5) is 38.5. The second kappa shape index (κ2) is 10.8. The Morgan fingerprint density at radius 1 is 1.08 bits per heavy atom. The summed E-state index contributed by atoms with van der Waals surface area (Å²) in [5.41, 5.74) is 4.80. The van der Waals surface area contributed by atoms with Gasteiger partial charge in [0.05, 0.1) is 35.8 Å². The van der Waals surface area contributed by atoms with E-state index in [1.807, 2.05) is 0 Å². The number of ether oxygens (including phenoxy) is 1. The van der Waals surface area contributed by atoms with Gasteiger partial charge in [-0.3, -0.25) is 9.36 Å². The summed E-state index contributed by atoms with van der Waals surface area (Å²) in [5.74, 6) is 2.30.